The van der Waals surface area contributed by atoms with Gasteiger partial charge in [0, 0.05) is 11.8 Å². The van der Waals surface area contributed by atoms with Gasteiger partial charge in [0.25, 0.3) is 0 Å². The Labute approximate surface area is 107 Å². The number of rotatable bonds is 3. The summed E-state index contributed by atoms with van der Waals surface area (Å²) >= 11 is 0. The Balaban J connectivity index is 1.41. The third-order valence-electron chi connectivity index (χ3n) is 4.51. The summed E-state index contributed by atoms with van der Waals surface area (Å²) in [5, 5.41) is 0. The van der Waals surface area contributed by atoms with E-state index in [1.165, 1.54) is 18.4 Å². The molecule has 0 radical (unpaired) electrons. The third-order valence-corrected chi connectivity index (χ3v) is 4.51. The topological polar surface area (TPSA) is 27.7 Å². The van der Waals surface area contributed by atoms with Crippen LogP contribution in [0.25, 0.3) is 0 Å². The Morgan fingerprint density at radius 3 is 2.83 bits per heavy atom. The molecule has 3 saturated heterocycles. The highest BCUT2D eigenvalue weighted by atomic mass is 16.7. The van der Waals surface area contributed by atoms with Gasteiger partial charge in [-0.25, -0.2) is 0 Å². The predicted octanol–water partition coefficient (Wildman–Crippen LogP) is 2.35. The Hall–Kier alpha value is -0.900. The van der Waals surface area contributed by atoms with E-state index in [1.54, 1.807) is 0 Å². The average Bonchev–Trinajstić information content (AvgIpc) is 3.11. The van der Waals surface area contributed by atoms with Crippen LogP contribution in [0.5, 0.6) is 0 Å². The van der Waals surface area contributed by atoms with E-state index in [0.29, 0.717) is 30.7 Å². The molecule has 3 heteroatoms. The van der Waals surface area contributed by atoms with Crippen molar-refractivity contribution in [2.24, 2.45) is 11.8 Å². The minimum absolute atomic E-state index is 0.0643. The summed E-state index contributed by atoms with van der Waals surface area (Å²) in [5.41, 5.74) is 1.20. The predicted molar refractivity (Wildman–Crippen MR) is 65.8 cm³/mol. The van der Waals surface area contributed by atoms with E-state index >= 15 is 0 Å². The second kappa shape index (κ2) is 4.34. The lowest BCUT2D eigenvalue weighted by molar-refractivity contribution is -0.153. The number of hydrogen-bond donors (Lipinski definition) is 0. The minimum Gasteiger partial charge on any atom is -0.374 e. The minimum atomic E-state index is -0.0643. The van der Waals surface area contributed by atoms with Crippen molar-refractivity contribution in [3.63, 3.8) is 0 Å². The van der Waals surface area contributed by atoms with Gasteiger partial charge in [-0.1, -0.05) is 30.3 Å². The molecule has 18 heavy (non-hydrogen) atoms. The SMILES string of the molecule is c1ccc(CO[C@H]2OC[C@@H]3[C@H]2[C@@H]2CC[C@H]3O2)cc1. The van der Waals surface area contributed by atoms with Crippen LogP contribution in [0.15, 0.2) is 30.3 Å². The van der Waals surface area contributed by atoms with Gasteiger partial charge in [0.05, 0.1) is 25.4 Å². The molecule has 1 aromatic rings. The highest BCUT2D eigenvalue weighted by Gasteiger charge is 2.56. The maximum atomic E-state index is 5.96. The van der Waals surface area contributed by atoms with Gasteiger partial charge in [0.2, 0.25) is 0 Å². The first-order chi connectivity index (χ1) is 8.92. The molecule has 0 unspecified atom stereocenters. The molecule has 0 N–H and O–H groups in total. The molecule has 0 spiro atoms. The zero-order valence-corrected chi connectivity index (χ0v) is 10.3. The molecule has 0 aliphatic carbocycles. The van der Waals surface area contributed by atoms with Gasteiger partial charge in [-0.05, 0) is 18.4 Å². The van der Waals surface area contributed by atoms with Gasteiger partial charge in [-0.3, -0.25) is 0 Å². The van der Waals surface area contributed by atoms with Gasteiger partial charge in [-0.15, -0.1) is 0 Å². The van der Waals surface area contributed by atoms with Crippen LogP contribution in [-0.4, -0.2) is 25.1 Å². The molecule has 3 fully saturated rings. The van der Waals surface area contributed by atoms with Crippen LogP contribution in [0.4, 0.5) is 0 Å². The highest BCUT2D eigenvalue weighted by Crippen LogP contribution is 2.49. The monoisotopic (exact) mass is 246 g/mol. The molecule has 96 valence electrons. The van der Waals surface area contributed by atoms with E-state index in [4.69, 9.17) is 14.2 Å². The smallest absolute Gasteiger partial charge is 0.163 e. The fourth-order valence-electron chi connectivity index (χ4n) is 3.64. The first-order valence-electron chi connectivity index (χ1n) is 6.84. The van der Waals surface area contributed by atoms with Crippen LogP contribution in [-0.2, 0) is 20.8 Å². The van der Waals surface area contributed by atoms with Gasteiger partial charge >= 0.3 is 0 Å². The fourth-order valence-corrected chi connectivity index (χ4v) is 3.64. The van der Waals surface area contributed by atoms with Crippen LogP contribution >= 0.6 is 0 Å². The Morgan fingerprint density at radius 2 is 1.94 bits per heavy atom. The van der Waals surface area contributed by atoms with Crippen molar-refractivity contribution in [3.05, 3.63) is 35.9 Å². The highest BCUT2D eigenvalue weighted by molar-refractivity contribution is 5.13. The van der Waals surface area contributed by atoms with Gasteiger partial charge in [0.1, 0.15) is 0 Å². The molecule has 5 atom stereocenters. The largest absolute Gasteiger partial charge is 0.374 e. The van der Waals surface area contributed by atoms with Crippen LogP contribution in [0.1, 0.15) is 18.4 Å². The number of fused-ring (bicyclic) bond motifs is 5. The second-order valence-electron chi connectivity index (χ2n) is 5.53. The molecular formula is C15H18O3. The second-order valence-corrected chi connectivity index (χ2v) is 5.53. The lowest BCUT2D eigenvalue weighted by atomic mass is 9.81. The van der Waals surface area contributed by atoms with Crippen molar-refractivity contribution in [3.8, 4) is 0 Å². The summed E-state index contributed by atoms with van der Waals surface area (Å²) in [6.45, 7) is 1.44. The van der Waals surface area contributed by atoms with E-state index in [0.717, 1.165) is 6.61 Å². The fraction of sp³-hybridized carbons (Fsp3) is 0.600. The molecule has 3 aliphatic heterocycles. The van der Waals surface area contributed by atoms with E-state index < -0.39 is 0 Å². The zero-order chi connectivity index (χ0) is 11.9. The Bertz CT molecular complexity index is 419. The summed E-state index contributed by atoms with van der Waals surface area (Å²) in [6.07, 6.45) is 3.14. The van der Waals surface area contributed by atoms with Crippen LogP contribution in [0.2, 0.25) is 0 Å². The van der Waals surface area contributed by atoms with E-state index in [1.807, 2.05) is 18.2 Å². The summed E-state index contributed by atoms with van der Waals surface area (Å²) in [6, 6.07) is 10.3. The van der Waals surface area contributed by atoms with E-state index in [2.05, 4.69) is 12.1 Å². The van der Waals surface area contributed by atoms with Crippen molar-refractivity contribution < 1.29 is 14.2 Å². The molecule has 3 aliphatic rings. The molecule has 4 rings (SSSR count). The van der Waals surface area contributed by atoms with Crippen molar-refractivity contribution in [1.29, 1.82) is 0 Å². The standard InChI is InChI=1S/C15H18O3/c1-2-4-10(5-3-1)8-16-15-14-11(9-17-15)12-6-7-13(14)18-12/h1-5,11-15H,6-9H2/t11-,12+,13-,14-,15-/m0/s1. The van der Waals surface area contributed by atoms with Crippen molar-refractivity contribution in [1.82, 2.24) is 0 Å². The molecule has 3 nitrogen and oxygen atoms in total. The normalized spacial score (nSPS) is 41.2. The Morgan fingerprint density at radius 1 is 1.11 bits per heavy atom. The molecule has 2 bridgehead atoms. The zero-order valence-electron chi connectivity index (χ0n) is 10.3. The molecule has 0 aromatic heterocycles. The Kier molecular flexibility index (Phi) is 2.64. The first kappa shape index (κ1) is 11.0. The average molecular weight is 246 g/mol. The van der Waals surface area contributed by atoms with Crippen molar-refractivity contribution in [2.75, 3.05) is 6.61 Å². The summed E-state index contributed by atoms with van der Waals surface area (Å²) in [5.74, 6) is 1.04. The summed E-state index contributed by atoms with van der Waals surface area (Å²) in [7, 11) is 0. The van der Waals surface area contributed by atoms with Gasteiger partial charge < -0.3 is 14.2 Å². The molecule has 3 heterocycles. The maximum absolute atomic E-state index is 5.96. The van der Waals surface area contributed by atoms with Gasteiger partial charge in [-0.2, -0.15) is 0 Å². The van der Waals surface area contributed by atoms with Crippen LogP contribution in [0.3, 0.4) is 0 Å². The molecule has 1 aromatic carbocycles. The van der Waals surface area contributed by atoms with E-state index in [-0.39, 0.29) is 6.29 Å². The summed E-state index contributed by atoms with van der Waals surface area (Å²) < 4.78 is 17.7. The number of ether oxygens (including phenoxy) is 3. The van der Waals surface area contributed by atoms with Crippen LogP contribution in [0, 0.1) is 11.8 Å². The maximum Gasteiger partial charge on any atom is 0.163 e. The number of hydrogen-bond acceptors (Lipinski definition) is 3. The van der Waals surface area contributed by atoms with Crippen LogP contribution < -0.4 is 0 Å². The quantitative estimate of drug-likeness (QED) is 0.819. The lowest BCUT2D eigenvalue weighted by Gasteiger charge is -2.23. The molecule has 0 saturated carbocycles. The van der Waals surface area contributed by atoms with Crippen molar-refractivity contribution in [2.45, 2.75) is 37.9 Å². The number of benzene rings is 1. The molecule has 0 amide bonds. The van der Waals surface area contributed by atoms with E-state index in [9.17, 15) is 0 Å². The first-order valence-corrected chi connectivity index (χ1v) is 6.84. The lowest BCUT2D eigenvalue weighted by Crippen LogP contribution is -2.32. The summed E-state index contributed by atoms with van der Waals surface area (Å²) in [4.78, 5) is 0. The van der Waals surface area contributed by atoms with Gasteiger partial charge in [0.15, 0.2) is 6.29 Å². The molecular weight excluding hydrogens is 228 g/mol. The van der Waals surface area contributed by atoms with Crippen molar-refractivity contribution >= 4 is 0 Å². The third kappa shape index (κ3) is 1.69.